The normalized spacial score (nSPS) is 16.1. The van der Waals surface area contributed by atoms with Crippen molar-refractivity contribution in [2.45, 2.75) is 79.3 Å². The molecule has 0 amide bonds. The van der Waals surface area contributed by atoms with Gasteiger partial charge in [0.2, 0.25) is 8.40 Å². The van der Waals surface area contributed by atoms with Crippen LogP contribution in [0.25, 0.3) is 0 Å². The largest absolute Gasteiger partial charge is 0.312 e. The Bertz CT molecular complexity index is 201. The molecule has 0 saturated heterocycles. The summed E-state index contributed by atoms with van der Waals surface area (Å²) in [6.45, 7) is 24.0. The predicted molar refractivity (Wildman–Crippen MR) is 91.0 cm³/mol. The van der Waals surface area contributed by atoms with Gasteiger partial charge in [0.25, 0.3) is 0 Å². The van der Waals surface area contributed by atoms with E-state index in [0.717, 1.165) is 11.1 Å². The van der Waals surface area contributed by atoms with Gasteiger partial charge in [-0.3, -0.25) is 0 Å². The van der Waals surface area contributed by atoms with Gasteiger partial charge in [-0.25, -0.2) is 0 Å². The van der Waals surface area contributed by atoms with Gasteiger partial charge in [0.15, 0.2) is 0 Å². The molecular formula is C16H38N2Si. The van der Waals surface area contributed by atoms with Gasteiger partial charge in [-0.2, -0.15) is 0 Å². The van der Waals surface area contributed by atoms with Crippen LogP contribution in [-0.2, 0) is 0 Å². The van der Waals surface area contributed by atoms with E-state index in [4.69, 9.17) is 0 Å². The molecule has 0 aliphatic rings. The lowest BCUT2D eigenvalue weighted by Gasteiger charge is -2.54. The van der Waals surface area contributed by atoms with Crippen LogP contribution < -0.4 is 0 Å². The minimum absolute atomic E-state index is 0.835. The summed E-state index contributed by atoms with van der Waals surface area (Å²) in [5.41, 5.74) is 1.67. The SMILES string of the molecule is CCC(C)[Si](C(C)CC)(N(CC)CC)N(CC)CC. The highest BCUT2D eigenvalue weighted by Gasteiger charge is 2.50. The number of hydrogen-bond donors (Lipinski definition) is 0. The first-order valence-electron chi connectivity index (χ1n) is 8.50. The number of nitrogens with zero attached hydrogens (tertiary/aromatic N) is 2. The molecule has 0 aromatic carbocycles. The number of rotatable bonds is 10. The van der Waals surface area contributed by atoms with Crippen molar-refractivity contribution in [1.82, 2.24) is 9.13 Å². The zero-order valence-corrected chi connectivity index (χ0v) is 15.8. The molecule has 0 rings (SSSR count). The maximum atomic E-state index is 2.85. The Balaban J connectivity index is 5.82. The molecule has 2 atom stereocenters. The van der Waals surface area contributed by atoms with Crippen molar-refractivity contribution in [1.29, 1.82) is 0 Å². The quantitative estimate of drug-likeness (QED) is 0.537. The van der Waals surface area contributed by atoms with E-state index in [2.05, 4.69) is 64.5 Å². The van der Waals surface area contributed by atoms with Crippen LogP contribution >= 0.6 is 0 Å². The molecule has 0 aliphatic carbocycles. The minimum Gasteiger partial charge on any atom is -0.312 e. The lowest BCUT2D eigenvalue weighted by atomic mass is 10.3. The molecule has 0 spiro atoms. The summed E-state index contributed by atoms with van der Waals surface area (Å²) < 4.78 is 5.70. The van der Waals surface area contributed by atoms with Gasteiger partial charge in [-0.05, 0) is 37.3 Å². The maximum absolute atomic E-state index is 2.85. The molecule has 0 fully saturated rings. The fraction of sp³-hybridized carbons (Fsp3) is 1.00. The van der Waals surface area contributed by atoms with Crippen molar-refractivity contribution in [2.75, 3.05) is 26.2 Å². The summed E-state index contributed by atoms with van der Waals surface area (Å²) in [5.74, 6) is 0. The van der Waals surface area contributed by atoms with E-state index in [0.29, 0.717) is 0 Å². The maximum Gasteiger partial charge on any atom is 0.212 e. The van der Waals surface area contributed by atoms with Crippen LogP contribution in [0.4, 0.5) is 0 Å². The van der Waals surface area contributed by atoms with Crippen molar-refractivity contribution in [2.24, 2.45) is 0 Å². The lowest BCUT2D eigenvalue weighted by molar-refractivity contribution is 0.320. The first-order valence-corrected chi connectivity index (χ1v) is 10.6. The topological polar surface area (TPSA) is 6.48 Å². The van der Waals surface area contributed by atoms with Crippen molar-refractivity contribution in [3.05, 3.63) is 0 Å². The zero-order chi connectivity index (χ0) is 15.1. The van der Waals surface area contributed by atoms with Crippen LogP contribution in [0, 0.1) is 0 Å². The Kier molecular flexibility index (Phi) is 9.21. The second-order valence-corrected chi connectivity index (χ2v) is 10.5. The minimum atomic E-state index is -1.59. The van der Waals surface area contributed by atoms with E-state index in [9.17, 15) is 0 Å². The highest BCUT2D eigenvalue weighted by molar-refractivity contribution is 6.77. The second-order valence-electron chi connectivity index (χ2n) is 5.75. The van der Waals surface area contributed by atoms with Gasteiger partial charge in [0.05, 0.1) is 0 Å². The van der Waals surface area contributed by atoms with Crippen LogP contribution in [0.1, 0.15) is 68.2 Å². The third-order valence-corrected chi connectivity index (χ3v) is 12.2. The molecule has 19 heavy (non-hydrogen) atoms. The molecule has 0 N–H and O–H groups in total. The average Bonchev–Trinajstić information content (AvgIpc) is 2.45. The Labute approximate surface area is 123 Å². The number of hydrogen-bond acceptors (Lipinski definition) is 2. The fourth-order valence-electron chi connectivity index (χ4n) is 3.99. The molecule has 0 aliphatic heterocycles. The van der Waals surface area contributed by atoms with E-state index in [1.165, 1.54) is 39.0 Å². The van der Waals surface area contributed by atoms with Crippen molar-refractivity contribution in [3.8, 4) is 0 Å². The zero-order valence-electron chi connectivity index (χ0n) is 14.8. The molecule has 0 saturated carbocycles. The van der Waals surface area contributed by atoms with E-state index in [1.54, 1.807) is 0 Å². The Morgan fingerprint density at radius 3 is 1.05 bits per heavy atom. The summed E-state index contributed by atoms with van der Waals surface area (Å²) in [7, 11) is -1.59. The molecular weight excluding hydrogens is 248 g/mol. The van der Waals surface area contributed by atoms with Crippen LogP contribution in [0.3, 0.4) is 0 Å². The van der Waals surface area contributed by atoms with E-state index in [1.807, 2.05) is 0 Å². The molecule has 0 heterocycles. The summed E-state index contributed by atoms with van der Waals surface area (Å²) in [4.78, 5) is 0. The van der Waals surface area contributed by atoms with E-state index in [-0.39, 0.29) is 0 Å². The standard InChI is InChI=1S/C16H38N2Si/c1-9-15(7)19(16(8)10-2,17(11-3)12-4)18(13-5)14-6/h15-16H,9-14H2,1-8H3. The van der Waals surface area contributed by atoms with Crippen LogP contribution in [0.2, 0.25) is 11.1 Å². The molecule has 2 nitrogen and oxygen atoms in total. The molecule has 0 radical (unpaired) electrons. The van der Waals surface area contributed by atoms with Crippen LogP contribution in [0.5, 0.6) is 0 Å². The molecule has 3 heteroatoms. The van der Waals surface area contributed by atoms with Gasteiger partial charge in [-0.15, -0.1) is 0 Å². The Morgan fingerprint density at radius 1 is 0.632 bits per heavy atom. The monoisotopic (exact) mass is 286 g/mol. The van der Waals surface area contributed by atoms with Crippen molar-refractivity contribution in [3.63, 3.8) is 0 Å². The molecule has 116 valence electrons. The third kappa shape index (κ3) is 3.62. The summed E-state index contributed by atoms with van der Waals surface area (Å²) in [5, 5.41) is 0. The van der Waals surface area contributed by atoms with E-state index >= 15 is 0 Å². The van der Waals surface area contributed by atoms with E-state index < -0.39 is 8.40 Å². The predicted octanol–water partition coefficient (Wildman–Crippen LogP) is 4.71. The molecule has 2 unspecified atom stereocenters. The third-order valence-electron chi connectivity index (χ3n) is 5.22. The van der Waals surface area contributed by atoms with Crippen molar-refractivity contribution >= 4 is 8.40 Å². The summed E-state index contributed by atoms with van der Waals surface area (Å²) >= 11 is 0. The van der Waals surface area contributed by atoms with Crippen LogP contribution in [-0.4, -0.2) is 43.7 Å². The smallest absolute Gasteiger partial charge is 0.212 e. The Hall–Kier alpha value is 0.137. The van der Waals surface area contributed by atoms with Crippen molar-refractivity contribution < 1.29 is 0 Å². The van der Waals surface area contributed by atoms with Crippen LogP contribution in [0.15, 0.2) is 0 Å². The lowest BCUT2D eigenvalue weighted by Crippen LogP contribution is -2.69. The first kappa shape index (κ1) is 19.1. The van der Waals surface area contributed by atoms with Gasteiger partial charge in [0.1, 0.15) is 0 Å². The second kappa shape index (κ2) is 9.14. The molecule has 0 aromatic heterocycles. The van der Waals surface area contributed by atoms with Gasteiger partial charge < -0.3 is 9.13 Å². The molecule has 0 aromatic rings. The highest BCUT2D eigenvalue weighted by atomic mass is 28.4. The first-order chi connectivity index (χ1) is 9.00. The van der Waals surface area contributed by atoms with Gasteiger partial charge >= 0.3 is 0 Å². The highest BCUT2D eigenvalue weighted by Crippen LogP contribution is 2.41. The summed E-state index contributed by atoms with van der Waals surface area (Å²) in [6.07, 6.45) is 2.62. The average molecular weight is 287 g/mol. The van der Waals surface area contributed by atoms with Gasteiger partial charge in [0, 0.05) is 0 Å². The Morgan fingerprint density at radius 2 is 0.895 bits per heavy atom. The molecule has 0 bridgehead atoms. The summed E-state index contributed by atoms with van der Waals surface area (Å²) in [6, 6.07) is 0. The van der Waals surface area contributed by atoms with Gasteiger partial charge in [-0.1, -0.05) is 68.2 Å². The fourth-order valence-corrected chi connectivity index (χ4v) is 11.1.